The highest BCUT2D eigenvalue weighted by Crippen LogP contribution is 2.16. The second-order valence-electron chi connectivity index (χ2n) is 5.01. The number of benzene rings is 2. The summed E-state index contributed by atoms with van der Waals surface area (Å²) in [7, 11) is 1.72. The lowest BCUT2D eigenvalue weighted by Crippen LogP contribution is -2.18. The smallest absolute Gasteiger partial charge is 0.0713 e. The molecular formula is C17H20BrNO. The second kappa shape index (κ2) is 7.46. The molecule has 1 N–H and O–H groups in total. The van der Waals surface area contributed by atoms with Gasteiger partial charge in [-0.1, -0.05) is 40.2 Å². The van der Waals surface area contributed by atoms with E-state index in [2.05, 4.69) is 76.7 Å². The van der Waals surface area contributed by atoms with Gasteiger partial charge in [0.25, 0.3) is 0 Å². The van der Waals surface area contributed by atoms with Crippen molar-refractivity contribution in [3.63, 3.8) is 0 Å². The number of anilines is 1. The Morgan fingerprint density at radius 2 is 1.85 bits per heavy atom. The van der Waals surface area contributed by atoms with Gasteiger partial charge in [-0.15, -0.1) is 0 Å². The Morgan fingerprint density at radius 1 is 1.10 bits per heavy atom. The van der Waals surface area contributed by atoms with Crippen LogP contribution in [0.3, 0.4) is 0 Å². The Hall–Kier alpha value is -1.32. The molecule has 0 aliphatic carbocycles. The topological polar surface area (TPSA) is 21.3 Å². The number of ether oxygens (including phenoxy) is 1. The Labute approximate surface area is 129 Å². The zero-order valence-electron chi connectivity index (χ0n) is 11.9. The predicted octanol–water partition coefficient (Wildman–Crippen LogP) is 4.64. The first-order valence-corrected chi connectivity index (χ1v) is 7.55. The molecule has 0 fully saturated rings. The summed E-state index contributed by atoms with van der Waals surface area (Å²) in [6.07, 6.45) is 1.00. The average Bonchev–Trinajstić information content (AvgIpc) is 2.42. The van der Waals surface area contributed by atoms with E-state index in [0.717, 1.165) is 16.6 Å². The maximum absolute atomic E-state index is 5.16. The maximum Gasteiger partial charge on any atom is 0.0713 e. The molecule has 3 heteroatoms. The Balaban J connectivity index is 1.95. The monoisotopic (exact) mass is 333 g/mol. The van der Waals surface area contributed by atoms with Gasteiger partial charge in [-0.3, -0.25) is 0 Å². The van der Waals surface area contributed by atoms with Gasteiger partial charge in [-0.25, -0.2) is 0 Å². The second-order valence-corrected chi connectivity index (χ2v) is 5.93. The molecule has 0 aliphatic rings. The Kier molecular flexibility index (Phi) is 5.62. The molecule has 20 heavy (non-hydrogen) atoms. The van der Waals surface area contributed by atoms with E-state index < -0.39 is 0 Å². The van der Waals surface area contributed by atoms with Gasteiger partial charge in [-0.2, -0.15) is 0 Å². The maximum atomic E-state index is 5.16. The molecule has 106 valence electrons. The number of halogens is 1. The van der Waals surface area contributed by atoms with E-state index >= 15 is 0 Å². The summed E-state index contributed by atoms with van der Waals surface area (Å²) in [5.41, 5.74) is 3.67. The standard InChI is InChI=1S/C17H20BrNO/c1-13(10-14-6-8-16(18)9-7-14)19-17-5-3-4-15(11-17)12-20-2/h3-9,11,13,19H,10,12H2,1-2H3. The number of methoxy groups -OCH3 is 1. The molecule has 0 spiro atoms. The molecule has 2 aromatic carbocycles. The first-order valence-electron chi connectivity index (χ1n) is 6.76. The van der Waals surface area contributed by atoms with Gasteiger partial charge < -0.3 is 10.1 Å². The summed E-state index contributed by atoms with van der Waals surface area (Å²) >= 11 is 3.46. The molecule has 2 rings (SSSR count). The minimum Gasteiger partial charge on any atom is -0.382 e. The fourth-order valence-electron chi connectivity index (χ4n) is 2.23. The molecular weight excluding hydrogens is 314 g/mol. The van der Waals surface area contributed by atoms with Crippen LogP contribution in [0, 0.1) is 0 Å². The molecule has 2 nitrogen and oxygen atoms in total. The van der Waals surface area contributed by atoms with Crippen LogP contribution in [0.25, 0.3) is 0 Å². The highest BCUT2D eigenvalue weighted by molar-refractivity contribution is 9.10. The summed E-state index contributed by atoms with van der Waals surface area (Å²) in [5, 5.41) is 3.54. The van der Waals surface area contributed by atoms with E-state index in [1.165, 1.54) is 11.1 Å². The van der Waals surface area contributed by atoms with Gasteiger partial charge in [0.1, 0.15) is 0 Å². The summed E-state index contributed by atoms with van der Waals surface area (Å²) < 4.78 is 6.28. The van der Waals surface area contributed by atoms with Crippen LogP contribution in [0.5, 0.6) is 0 Å². The molecule has 0 aliphatic heterocycles. The molecule has 0 radical (unpaired) electrons. The quantitative estimate of drug-likeness (QED) is 0.831. The molecule has 0 heterocycles. The Bertz CT molecular complexity index is 539. The van der Waals surface area contributed by atoms with Crippen LogP contribution < -0.4 is 5.32 Å². The highest BCUT2D eigenvalue weighted by Gasteiger charge is 2.04. The van der Waals surface area contributed by atoms with Gasteiger partial charge in [-0.05, 0) is 48.7 Å². The molecule has 1 atom stereocenters. The molecule has 1 unspecified atom stereocenters. The van der Waals surface area contributed by atoms with E-state index in [1.807, 2.05) is 0 Å². The van der Waals surface area contributed by atoms with Gasteiger partial charge >= 0.3 is 0 Å². The zero-order valence-corrected chi connectivity index (χ0v) is 13.5. The normalized spacial score (nSPS) is 12.2. The lowest BCUT2D eigenvalue weighted by atomic mass is 10.1. The molecule has 0 saturated carbocycles. The van der Waals surface area contributed by atoms with Crippen LogP contribution >= 0.6 is 15.9 Å². The van der Waals surface area contributed by atoms with Crippen molar-refractivity contribution < 1.29 is 4.74 Å². The van der Waals surface area contributed by atoms with Crippen molar-refractivity contribution in [1.29, 1.82) is 0 Å². The van der Waals surface area contributed by atoms with Crippen LogP contribution in [-0.4, -0.2) is 13.2 Å². The lowest BCUT2D eigenvalue weighted by Gasteiger charge is -2.16. The van der Waals surface area contributed by atoms with Crippen LogP contribution in [-0.2, 0) is 17.8 Å². The van der Waals surface area contributed by atoms with E-state index in [-0.39, 0.29) is 0 Å². The van der Waals surface area contributed by atoms with Crippen molar-refractivity contribution in [3.05, 3.63) is 64.1 Å². The minimum atomic E-state index is 0.383. The van der Waals surface area contributed by atoms with E-state index in [0.29, 0.717) is 12.6 Å². The van der Waals surface area contributed by atoms with Crippen LogP contribution in [0.15, 0.2) is 53.0 Å². The van der Waals surface area contributed by atoms with Crippen molar-refractivity contribution in [3.8, 4) is 0 Å². The van der Waals surface area contributed by atoms with Crippen molar-refractivity contribution in [2.24, 2.45) is 0 Å². The average molecular weight is 334 g/mol. The van der Waals surface area contributed by atoms with E-state index in [1.54, 1.807) is 7.11 Å². The molecule has 0 saturated heterocycles. The lowest BCUT2D eigenvalue weighted by molar-refractivity contribution is 0.185. The number of nitrogens with one attached hydrogen (secondary N) is 1. The predicted molar refractivity (Wildman–Crippen MR) is 88.1 cm³/mol. The number of hydrogen-bond donors (Lipinski definition) is 1. The van der Waals surface area contributed by atoms with Gasteiger partial charge in [0, 0.05) is 23.3 Å². The fraction of sp³-hybridized carbons (Fsp3) is 0.294. The first kappa shape index (κ1) is 15.1. The fourth-order valence-corrected chi connectivity index (χ4v) is 2.49. The summed E-state index contributed by atoms with van der Waals surface area (Å²) in [6, 6.07) is 17.2. The van der Waals surface area contributed by atoms with Gasteiger partial charge in [0.05, 0.1) is 6.61 Å². The summed E-state index contributed by atoms with van der Waals surface area (Å²) in [6.45, 7) is 2.85. The van der Waals surface area contributed by atoms with Crippen LogP contribution in [0.1, 0.15) is 18.1 Å². The summed E-state index contributed by atoms with van der Waals surface area (Å²) in [4.78, 5) is 0. The SMILES string of the molecule is COCc1cccc(NC(C)Cc2ccc(Br)cc2)c1. The highest BCUT2D eigenvalue weighted by atomic mass is 79.9. The van der Waals surface area contributed by atoms with Crippen LogP contribution in [0.4, 0.5) is 5.69 Å². The number of hydrogen-bond acceptors (Lipinski definition) is 2. The minimum absolute atomic E-state index is 0.383. The van der Waals surface area contributed by atoms with Crippen molar-refractivity contribution in [1.82, 2.24) is 0 Å². The zero-order chi connectivity index (χ0) is 14.4. The van der Waals surface area contributed by atoms with Crippen molar-refractivity contribution in [2.75, 3.05) is 12.4 Å². The summed E-state index contributed by atoms with van der Waals surface area (Å²) in [5.74, 6) is 0. The Morgan fingerprint density at radius 3 is 2.55 bits per heavy atom. The third-order valence-electron chi connectivity index (χ3n) is 3.11. The van der Waals surface area contributed by atoms with Crippen molar-refractivity contribution >= 4 is 21.6 Å². The molecule has 0 amide bonds. The number of rotatable bonds is 6. The van der Waals surface area contributed by atoms with E-state index in [9.17, 15) is 0 Å². The van der Waals surface area contributed by atoms with Gasteiger partial charge in [0.15, 0.2) is 0 Å². The largest absolute Gasteiger partial charge is 0.382 e. The van der Waals surface area contributed by atoms with Crippen molar-refractivity contribution in [2.45, 2.75) is 26.0 Å². The van der Waals surface area contributed by atoms with Crippen LogP contribution in [0.2, 0.25) is 0 Å². The molecule has 2 aromatic rings. The third-order valence-corrected chi connectivity index (χ3v) is 3.63. The first-order chi connectivity index (χ1) is 9.67. The molecule has 0 bridgehead atoms. The molecule has 0 aromatic heterocycles. The van der Waals surface area contributed by atoms with E-state index in [4.69, 9.17) is 4.74 Å². The third kappa shape index (κ3) is 4.66. The van der Waals surface area contributed by atoms with Gasteiger partial charge in [0.2, 0.25) is 0 Å².